The molecule has 0 amide bonds. The molecule has 0 N–H and O–H groups in total. The van der Waals surface area contributed by atoms with Crippen LogP contribution in [0.4, 0.5) is 5.82 Å². The molecule has 0 radical (unpaired) electrons. The Balaban J connectivity index is 2.16. The van der Waals surface area contributed by atoms with Crippen molar-refractivity contribution in [3.8, 4) is 0 Å². The third kappa shape index (κ3) is 2.55. The number of hydrogen-bond acceptors (Lipinski definition) is 3. The fraction of sp³-hybridized carbons (Fsp3) is 0.583. The molecule has 0 saturated carbocycles. The van der Waals surface area contributed by atoms with E-state index in [1.54, 1.807) is 7.11 Å². The molecule has 3 nitrogen and oxygen atoms in total. The zero-order valence-electron chi connectivity index (χ0n) is 9.74. The van der Waals surface area contributed by atoms with Gasteiger partial charge in [0, 0.05) is 20.2 Å². The number of methoxy groups -OCH3 is 1. The molecule has 1 aromatic heterocycles. The summed E-state index contributed by atoms with van der Waals surface area (Å²) in [7, 11) is 1.79. The second-order valence-corrected chi connectivity index (χ2v) is 5.31. The first-order valence-electron chi connectivity index (χ1n) is 5.56. The molecule has 0 spiro atoms. The van der Waals surface area contributed by atoms with Crippen LogP contribution in [-0.2, 0) is 4.74 Å². The molecule has 0 aromatic carbocycles. The summed E-state index contributed by atoms with van der Waals surface area (Å²) in [5, 5.41) is 0. The monoisotopic (exact) mass is 284 g/mol. The number of piperidine rings is 1. The van der Waals surface area contributed by atoms with Crippen LogP contribution in [-0.4, -0.2) is 30.8 Å². The van der Waals surface area contributed by atoms with E-state index in [0.717, 1.165) is 36.4 Å². The van der Waals surface area contributed by atoms with E-state index < -0.39 is 0 Å². The minimum absolute atomic E-state index is 0.0394. The molecule has 1 aliphatic heterocycles. The fourth-order valence-corrected chi connectivity index (χ4v) is 2.48. The van der Waals surface area contributed by atoms with Crippen molar-refractivity contribution in [2.75, 3.05) is 25.1 Å². The molecule has 1 aromatic rings. The Morgan fingerprint density at radius 2 is 2.31 bits per heavy atom. The van der Waals surface area contributed by atoms with Gasteiger partial charge in [0.05, 0.1) is 5.60 Å². The highest BCUT2D eigenvalue weighted by atomic mass is 79.9. The second-order valence-electron chi connectivity index (χ2n) is 4.50. The van der Waals surface area contributed by atoms with Crippen molar-refractivity contribution >= 4 is 21.7 Å². The van der Waals surface area contributed by atoms with Crippen LogP contribution in [0.15, 0.2) is 22.8 Å². The van der Waals surface area contributed by atoms with Crippen LogP contribution in [0, 0.1) is 0 Å². The third-order valence-electron chi connectivity index (χ3n) is 3.18. The summed E-state index contributed by atoms with van der Waals surface area (Å²) in [5.74, 6) is 1.03. The Morgan fingerprint density at radius 1 is 1.50 bits per heavy atom. The maximum absolute atomic E-state index is 5.58. The van der Waals surface area contributed by atoms with E-state index in [2.05, 4.69) is 32.7 Å². The van der Waals surface area contributed by atoms with E-state index in [4.69, 9.17) is 4.74 Å². The summed E-state index contributed by atoms with van der Waals surface area (Å²) in [6.07, 6.45) is 2.27. The van der Waals surface area contributed by atoms with Crippen molar-refractivity contribution in [1.29, 1.82) is 0 Å². The fourth-order valence-electron chi connectivity index (χ4n) is 2.14. The van der Waals surface area contributed by atoms with E-state index in [1.807, 2.05) is 18.2 Å². The molecule has 1 fully saturated rings. The van der Waals surface area contributed by atoms with Gasteiger partial charge in [-0.15, -0.1) is 0 Å². The van der Waals surface area contributed by atoms with Gasteiger partial charge in [0.1, 0.15) is 10.4 Å². The number of ether oxygens (including phenoxy) is 1. The highest BCUT2D eigenvalue weighted by Crippen LogP contribution is 2.27. The minimum atomic E-state index is -0.0394. The molecule has 88 valence electrons. The van der Waals surface area contributed by atoms with Crippen LogP contribution in [0.5, 0.6) is 0 Å². The van der Waals surface area contributed by atoms with Crippen molar-refractivity contribution in [2.45, 2.75) is 25.4 Å². The summed E-state index contributed by atoms with van der Waals surface area (Å²) in [6.45, 7) is 4.13. The predicted octanol–water partition coefficient (Wildman–Crippen LogP) is 2.85. The molecule has 0 bridgehead atoms. The largest absolute Gasteiger partial charge is 0.377 e. The molecule has 1 atom stereocenters. The van der Waals surface area contributed by atoms with Gasteiger partial charge in [0.25, 0.3) is 0 Å². The maximum atomic E-state index is 5.58. The molecular weight excluding hydrogens is 268 g/mol. The summed E-state index contributed by atoms with van der Waals surface area (Å²) < 4.78 is 6.46. The molecule has 4 heteroatoms. The average molecular weight is 285 g/mol. The Morgan fingerprint density at radius 3 is 3.00 bits per heavy atom. The van der Waals surface area contributed by atoms with Gasteiger partial charge in [-0.2, -0.15) is 0 Å². The van der Waals surface area contributed by atoms with Gasteiger partial charge in [0.15, 0.2) is 0 Å². The Bertz CT molecular complexity index is 372. The Kier molecular flexibility index (Phi) is 3.50. The first-order chi connectivity index (χ1) is 7.63. The number of aromatic nitrogens is 1. The summed E-state index contributed by atoms with van der Waals surface area (Å²) in [6, 6.07) is 6.01. The molecule has 16 heavy (non-hydrogen) atoms. The minimum Gasteiger partial charge on any atom is -0.377 e. The number of nitrogens with zero attached hydrogens (tertiary/aromatic N) is 2. The second kappa shape index (κ2) is 4.72. The molecule has 0 aliphatic carbocycles. The van der Waals surface area contributed by atoms with Crippen LogP contribution >= 0.6 is 15.9 Å². The van der Waals surface area contributed by atoms with Crippen molar-refractivity contribution in [1.82, 2.24) is 4.98 Å². The van der Waals surface area contributed by atoms with Gasteiger partial charge in [-0.3, -0.25) is 0 Å². The van der Waals surface area contributed by atoms with Crippen molar-refractivity contribution < 1.29 is 4.74 Å². The highest BCUT2D eigenvalue weighted by Gasteiger charge is 2.31. The lowest BCUT2D eigenvalue weighted by Crippen LogP contribution is -2.47. The first kappa shape index (κ1) is 11.9. The third-order valence-corrected chi connectivity index (χ3v) is 3.62. The van der Waals surface area contributed by atoms with Crippen LogP contribution in [0.1, 0.15) is 19.8 Å². The summed E-state index contributed by atoms with van der Waals surface area (Å²) >= 11 is 3.41. The first-order valence-corrected chi connectivity index (χ1v) is 6.35. The predicted molar refractivity (Wildman–Crippen MR) is 68.8 cm³/mol. The van der Waals surface area contributed by atoms with Crippen molar-refractivity contribution in [3.05, 3.63) is 22.8 Å². The lowest BCUT2D eigenvalue weighted by Gasteiger charge is -2.40. The number of hydrogen-bond donors (Lipinski definition) is 0. The van der Waals surface area contributed by atoms with E-state index in [-0.39, 0.29) is 5.60 Å². The van der Waals surface area contributed by atoms with Gasteiger partial charge < -0.3 is 9.64 Å². The number of halogens is 1. The van der Waals surface area contributed by atoms with Gasteiger partial charge in [0.2, 0.25) is 0 Å². The van der Waals surface area contributed by atoms with E-state index >= 15 is 0 Å². The molecule has 1 aliphatic rings. The van der Waals surface area contributed by atoms with Gasteiger partial charge in [-0.05, 0) is 47.8 Å². The quantitative estimate of drug-likeness (QED) is 0.781. The lowest BCUT2D eigenvalue weighted by atomic mass is 9.95. The van der Waals surface area contributed by atoms with Crippen molar-refractivity contribution in [2.24, 2.45) is 0 Å². The van der Waals surface area contributed by atoms with E-state index in [9.17, 15) is 0 Å². The number of anilines is 1. The number of rotatable bonds is 2. The molecular formula is C12H17BrN2O. The van der Waals surface area contributed by atoms with E-state index in [0.29, 0.717) is 0 Å². The smallest absolute Gasteiger partial charge is 0.129 e. The molecule has 1 unspecified atom stereocenters. The summed E-state index contributed by atoms with van der Waals surface area (Å²) in [4.78, 5) is 6.77. The highest BCUT2D eigenvalue weighted by molar-refractivity contribution is 9.10. The zero-order chi connectivity index (χ0) is 11.6. The standard InChI is InChI=1S/C12H17BrN2O/c1-12(16-2)7-4-8-15(9-12)11-6-3-5-10(13)14-11/h3,5-6H,4,7-9H2,1-2H3. The average Bonchev–Trinajstić information content (AvgIpc) is 2.29. The maximum Gasteiger partial charge on any atom is 0.129 e. The van der Waals surface area contributed by atoms with Crippen LogP contribution in [0.25, 0.3) is 0 Å². The summed E-state index contributed by atoms with van der Waals surface area (Å²) in [5.41, 5.74) is -0.0394. The Labute approximate surface area is 105 Å². The lowest BCUT2D eigenvalue weighted by molar-refractivity contribution is -0.00481. The normalized spacial score (nSPS) is 25.8. The van der Waals surface area contributed by atoms with Gasteiger partial charge in [-0.1, -0.05) is 6.07 Å². The van der Waals surface area contributed by atoms with Gasteiger partial charge in [-0.25, -0.2) is 4.98 Å². The van der Waals surface area contributed by atoms with Crippen molar-refractivity contribution in [3.63, 3.8) is 0 Å². The van der Waals surface area contributed by atoms with E-state index in [1.165, 1.54) is 0 Å². The van der Waals surface area contributed by atoms with Crippen LogP contribution < -0.4 is 4.90 Å². The molecule has 2 rings (SSSR count). The Hall–Kier alpha value is -0.610. The topological polar surface area (TPSA) is 25.4 Å². The van der Waals surface area contributed by atoms with Gasteiger partial charge >= 0.3 is 0 Å². The van der Waals surface area contributed by atoms with Crippen LogP contribution in [0.2, 0.25) is 0 Å². The number of pyridine rings is 1. The SMILES string of the molecule is COC1(C)CCCN(c2cccc(Br)n2)C1. The molecule has 1 saturated heterocycles. The van der Waals surface area contributed by atoms with Crippen LogP contribution in [0.3, 0.4) is 0 Å². The zero-order valence-corrected chi connectivity index (χ0v) is 11.3. The molecule has 2 heterocycles.